The van der Waals surface area contributed by atoms with Crippen LogP contribution in [0, 0.1) is 0 Å². The first-order chi connectivity index (χ1) is 14.3. The van der Waals surface area contributed by atoms with Crippen molar-refractivity contribution in [3.8, 4) is 0 Å². The first-order valence-electron chi connectivity index (χ1n) is 8.89. The van der Waals surface area contributed by atoms with Gasteiger partial charge in [0, 0.05) is 46.1 Å². The zero-order valence-electron chi connectivity index (χ0n) is 15.5. The van der Waals surface area contributed by atoms with Crippen LogP contribution in [-0.4, -0.2) is 64.1 Å². The molecule has 1 aliphatic heterocycles. The third-order valence-electron chi connectivity index (χ3n) is 4.69. The predicted octanol–water partition coefficient (Wildman–Crippen LogP) is 0.927. The normalized spacial score (nSPS) is 12.7. The monoisotopic (exact) mass is 412 g/mol. The molecule has 3 N–H and O–H groups in total. The molecule has 0 aliphatic carbocycles. The highest BCUT2D eigenvalue weighted by atomic mass is 16.4. The van der Waals surface area contributed by atoms with Crippen molar-refractivity contribution in [3.63, 3.8) is 0 Å². The maximum atomic E-state index is 12.8. The molecule has 154 valence electrons. The molecule has 2 aromatic rings. The Balaban J connectivity index is 2.12. The predicted molar refractivity (Wildman–Crippen MR) is 102 cm³/mol. The van der Waals surface area contributed by atoms with Crippen molar-refractivity contribution in [3.05, 3.63) is 46.5 Å². The number of benzene rings is 2. The number of rotatable bonds is 8. The average Bonchev–Trinajstić information content (AvgIpc) is 2.70. The molecule has 1 aliphatic rings. The van der Waals surface area contributed by atoms with Gasteiger partial charge in [-0.15, -0.1) is 0 Å². The minimum atomic E-state index is -1.17. The van der Waals surface area contributed by atoms with Crippen molar-refractivity contribution in [2.45, 2.75) is 12.8 Å². The topological polar surface area (TPSA) is 158 Å². The second-order valence-electron chi connectivity index (χ2n) is 6.54. The van der Waals surface area contributed by atoms with Crippen molar-refractivity contribution >= 4 is 46.7 Å². The molecular formula is C20H16N2O8. The SMILES string of the molecule is O=Cc1ccc2c3c(ccc(C(=O)NCCC(=O)O)c13)C(=O)N(CCC(=O)O)C2=O. The van der Waals surface area contributed by atoms with E-state index < -0.39 is 36.1 Å². The third kappa shape index (κ3) is 3.62. The summed E-state index contributed by atoms with van der Waals surface area (Å²) in [5, 5.41) is 20.2. The number of aliphatic carboxylic acids is 2. The number of carbonyl (C=O) groups is 6. The number of carbonyl (C=O) groups excluding carboxylic acids is 4. The Hall–Kier alpha value is -4.08. The second-order valence-corrected chi connectivity index (χ2v) is 6.54. The molecule has 10 nitrogen and oxygen atoms in total. The van der Waals surface area contributed by atoms with Gasteiger partial charge in [-0.2, -0.15) is 0 Å². The lowest BCUT2D eigenvalue weighted by Gasteiger charge is -2.27. The summed E-state index contributed by atoms with van der Waals surface area (Å²) in [4.78, 5) is 72.1. The quantitative estimate of drug-likeness (QED) is 0.427. The molecule has 0 saturated carbocycles. The van der Waals surface area contributed by atoms with Gasteiger partial charge >= 0.3 is 11.9 Å². The number of imide groups is 1. The number of nitrogens with one attached hydrogen (secondary N) is 1. The molecule has 3 rings (SSSR count). The van der Waals surface area contributed by atoms with E-state index in [1.807, 2.05) is 0 Å². The van der Waals surface area contributed by atoms with Crippen LogP contribution in [0.4, 0.5) is 0 Å². The molecule has 0 unspecified atom stereocenters. The van der Waals surface area contributed by atoms with E-state index in [9.17, 15) is 28.8 Å². The van der Waals surface area contributed by atoms with Crippen LogP contribution in [0.15, 0.2) is 24.3 Å². The Bertz CT molecular complexity index is 1080. The summed E-state index contributed by atoms with van der Waals surface area (Å²) in [5.74, 6) is -4.37. The molecule has 30 heavy (non-hydrogen) atoms. The van der Waals surface area contributed by atoms with Gasteiger partial charge in [0.1, 0.15) is 0 Å². The van der Waals surface area contributed by atoms with E-state index in [2.05, 4.69) is 5.32 Å². The fourth-order valence-electron chi connectivity index (χ4n) is 3.34. The highest BCUT2D eigenvalue weighted by molar-refractivity contribution is 6.29. The third-order valence-corrected chi connectivity index (χ3v) is 4.69. The summed E-state index contributed by atoms with van der Waals surface area (Å²) in [6.45, 7) is -0.463. The molecule has 3 amide bonds. The van der Waals surface area contributed by atoms with Gasteiger partial charge in [-0.1, -0.05) is 6.07 Å². The van der Waals surface area contributed by atoms with Crippen molar-refractivity contribution < 1.29 is 39.0 Å². The molecule has 0 atom stereocenters. The summed E-state index contributed by atoms with van der Waals surface area (Å²) in [6, 6.07) is 5.33. The van der Waals surface area contributed by atoms with Crippen molar-refractivity contribution in [1.82, 2.24) is 10.2 Å². The zero-order chi connectivity index (χ0) is 22.0. The number of amides is 3. The van der Waals surface area contributed by atoms with Gasteiger partial charge in [-0.3, -0.25) is 33.7 Å². The molecule has 0 fully saturated rings. The summed E-state index contributed by atoms with van der Waals surface area (Å²) in [5.41, 5.74) is 0.229. The van der Waals surface area contributed by atoms with Gasteiger partial charge < -0.3 is 15.5 Å². The van der Waals surface area contributed by atoms with E-state index in [0.29, 0.717) is 6.29 Å². The molecule has 10 heteroatoms. The van der Waals surface area contributed by atoms with Crippen LogP contribution in [0.25, 0.3) is 10.8 Å². The summed E-state index contributed by atoms with van der Waals surface area (Å²) >= 11 is 0. The van der Waals surface area contributed by atoms with Crippen molar-refractivity contribution in [1.29, 1.82) is 0 Å². The van der Waals surface area contributed by atoms with Gasteiger partial charge in [0.25, 0.3) is 17.7 Å². The van der Waals surface area contributed by atoms with Gasteiger partial charge in [0.05, 0.1) is 12.8 Å². The summed E-state index contributed by atoms with van der Waals surface area (Å²) in [7, 11) is 0. The number of hydrogen-bond acceptors (Lipinski definition) is 6. The number of carboxylic acids is 2. The van der Waals surface area contributed by atoms with Crippen LogP contribution in [0.2, 0.25) is 0 Å². The van der Waals surface area contributed by atoms with Crippen LogP contribution >= 0.6 is 0 Å². The Morgan fingerprint density at radius 1 is 0.900 bits per heavy atom. The van der Waals surface area contributed by atoms with E-state index in [0.717, 1.165) is 4.90 Å². The summed E-state index contributed by atoms with van der Waals surface area (Å²) in [6.07, 6.45) is -0.238. The number of aldehydes is 1. The zero-order valence-corrected chi connectivity index (χ0v) is 15.5. The molecule has 0 spiro atoms. The van der Waals surface area contributed by atoms with E-state index in [4.69, 9.17) is 10.2 Å². The average molecular weight is 412 g/mol. The maximum Gasteiger partial charge on any atom is 0.305 e. The van der Waals surface area contributed by atoms with Gasteiger partial charge in [-0.05, 0) is 18.2 Å². The Morgan fingerprint density at radius 3 is 2.07 bits per heavy atom. The second kappa shape index (κ2) is 8.11. The Kier molecular flexibility index (Phi) is 5.58. The highest BCUT2D eigenvalue weighted by Crippen LogP contribution is 2.34. The maximum absolute atomic E-state index is 12.8. The van der Waals surface area contributed by atoms with Crippen LogP contribution in [0.1, 0.15) is 54.3 Å². The fourth-order valence-corrected chi connectivity index (χ4v) is 3.34. The van der Waals surface area contributed by atoms with Crippen LogP contribution < -0.4 is 5.32 Å². The first-order valence-corrected chi connectivity index (χ1v) is 8.89. The van der Waals surface area contributed by atoms with Gasteiger partial charge in [0.15, 0.2) is 6.29 Å². The molecule has 0 saturated heterocycles. The van der Waals surface area contributed by atoms with Gasteiger partial charge in [-0.25, -0.2) is 0 Å². The molecular weight excluding hydrogens is 396 g/mol. The highest BCUT2D eigenvalue weighted by Gasteiger charge is 2.34. The van der Waals surface area contributed by atoms with Crippen molar-refractivity contribution in [2.75, 3.05) is 13.1 Å². The lowest BCUT2D eigenvalue weighted by Crippen LogP contribution is -2.41. The van der Waals surface area contributed by atoms with Crippen LogP contribution in [-0.2, 0) is 9.59 Å². The minimum absolute atomic E-state index is 0.0164. The van der Waals surface area contributed by atoms with Crippen molar-refractivity contribution in [2.24, 2.45) is 0 Å². The molecule has 0 radical (unpaired) electrons. The molecule has 0 bridgehead atoms. The van der Waals surface area contributed by atoms with E-state index in [1.54, 1.807) is 0 Å². The summed E-state index contributed by atoms with van der Waals surface area (Å²) < 4.78 is 0. The molecule has 1 heterocycles. The number of carboxylic acid groups (broad SMARTS) is 2. The Morgan fingerprint density at radius 2 is 1.50 bits per heavy atom. The standard InChI is InChI=1S/C20H16N2O8/c23-9-10-1-2-12-17-13(20(30)22(19(12)29)8-6-15(26)27)4-3-11(16(10)17)18(28)21-7-5-14(24)25/h1-4,9H,5-8H2,(H,21,28)(H,24,25)(H,26,27). The lowest BCUT2D eigenvalue weighted by molar-refractivity contribution is -0.138. The fraction of sp³-hybridized carbons (Fsp3) is 0.200. The largest absolute Gasteiger partial charge is 0.481 e. The van der Waals surface area contributed by atoms with Crippen LogP contribution in [0.3, 0.4) is 0 Å². The van der Waals surface area contributed by atoms with E-state index >= 15 is 0 Å². The number of nitrogens with zero attached hydrogens (tertiary/aromatic N) is 1. The van der Waals surface area contributed by atoms with E-state index in [1.165, 1.54) is 24.3 Å². The van der Waals surface area contributed by atoms with E-state index in [-0.39, 0.29) is 52.5 Å². The van der Waals surface area contributed by atoms with Crippen LogP contribution in [0.5, 0.6) is 0 Å². The minimum Gasteiger partial charge on any atom is -0.481 e. The molecule has 0 aromatic heterocycles. The smallest absolute Gasteiger partial charge is 0.305 e. The van der Waals surface area contributed by atoms with Gasteiger partial charge in [0.2, 0.25) is 0 Å². The number of hydrogen-bond donors (Lipinski definition) is 3. The molecule has 2 aromatic carbocycles. The first kappa shape index (κ1) is 20.6. The Labute approximate surface area is 169 Å². The lowest BCUT2D eigenvalue weighted by atomic mass is 9.88.